The first kappa shape index (κ1) is 24.0. The minimum absolute atomic E-state index is 0.00122. The zero-order chi connectivity index (χ0) is 24.2. The summed E-state index contributed by atoms with van der Waals surface area (Å²) in [5.41, 5.74) is 0.0947. The van der Waals surface area contributed by atoms with Crippen LogP contribution in [0.3, 0.4) is 0 Å². The summed E-state index contributed by atoms with van der Waals surface area (Å²) < 4.78 is 72.0. The number of para-hydroxylation sites is 1. The third kappa shape index (κ3) is 5.33. The molecule has 0 unspecified atom stereocenters. The predicted molar refractivity (Wildman–Crippen MR) is 126 cm³/mol. The maximum atomic E-state index is 13.1. The van der Waals surface area contributed by atoms with Crippen molar-refractivity contribution in [1.29, 1.82) is 0 Å². The van der Waals surface area contributed by atoms with E-state index in [2.05, 4.69) is 4.72 Å². The van der Waals surface area contributed by atoms with Gasteiger partial charge in [0.05, 0.1) is 30.9 Å². The Kier molecular flexibility index (Phi) is 7.08. The van der Waals surface area contributed by atoms with E-state index in [9.17, 15) is 16.8 Å². The normalized spacial score (nSPS) is 15.0. The lowest BCUT2D eigenvalue weighted by molar-refractivity contribution is 0.0729. The molecule has 0 spiro atoms. The molecule has 0 bridgehead atoms. The summed E-state index contributed by atoms with van der Waals surface area (Å²) in [7, 11) is -6.53. The molecule has 1 saturated heterocycles. The summed E-state index contributed by atoms with van der Waals surface area (Å²) in [5, 5.41) is 0. The number of anilines is 1. The summed E-state index contributed by atoms with van der Waals surface area (Å²) in [6, 6.07) is 19.2. The van der Waals surface area contributed by atoms with E-state index in [1.807, 2.05) is 18.2 Å². The highest BCUT2D eigenvalue weighted by Crippen LogP contribution is 2.31. The van der Waals surface area contributed by atoms with Crippen molar-refractivity contribution in [3.63, 3.8) is 0 Å². The lowest BCUT2D eigenvalue weighted by atomic mass is 10.3. The first-order valence-corrected chi connectivity index (χ1v) is 13.3. The highest BCUT2D eigenvalue weighted by Gasteiger charge is 2.30. The molecule has 0 saturated carbocycles. The van der Waals surface area contributed by atoms with Gasteiger partial charge in [0.15, 0.2) is 0 Å². The number of nitrogens with zero attached hydrogens (tertiary/aromatic N) is 1. The summed E-state index contributed by atoms with van der Waals surface area (Å²) in [6.45, 7) is 0.993. The van der Waals surface area contributed by atoms with E-state index >= 15 is 0 Å². The molecule has 1 aliphatic heterocycles. The minimum Gasteiger partial charge on any atom is -0.495 e. The predicted octanol–water partition coefficient (Wildman–Crippen LogP) is 3.31. The third-order valence-corrected chi connectivity index (χ3v) is 8.43. The number of benzene rings is 3. The van der Waals surface area contributed by atoms with Gasteiger partial charge in [-0.05, 0) is 54.6 Å². The molecule has 4 rings (SSSR count). The number of rotatable bonds is 8. The van der Waals surface area contributed by atoms with E-state index in [4.69, 9.17) is 14.2 Å². The number of methoxy groups -OCH3 is 1. The molecule has 1 aliphatic rings. The average molecular weight is 505 g/mol. The van der Waals surface area contributed by atoms with E-state index in [1.54, 1.807) is 24.3 Å². The summed E-state index contributed by atoms with van der Waals surface area (Å²) in [6.07, 6.45) is 0. The smallest absolute Gasteiger partial charge is 0.261 e. The molecule has 180 valence electrons. The Morgan fingerprint density at radius 3 is 2.15 bits per heavy atom. The fraction of sp³-hybridized carbons (Fsp3) is 0.217. The van der Waals surface area contributed by atoms with E-state index < -0.39 is 20.0 Å². The average Bonchev–Trinajstić information content (AvgIpc) is 2.85. The second kappa shape index (κ2) is 10.0. The number of morpholine rings is 1. The highest BCUT2D eigenvalue weighted by molar-refractivity contribution is 7.92. The van der Waals surface area contributed by atoms with Gasteiger partial charge in [-0.3, -0.25) is 4.72 Å². The minimum atomic E-state index is -3.98. The van der Waals surface area contributed by atoms with Crippen LogP contribution in [0.15, 0.2) is 82.6 Å². The molecule has 34 heavy (non-hydrogen) atoms. The van der Waals surface area contributed by atoms with Crippen LogP contribution in [0.2, 0.25) is 0 Å². The maximum Gasteiger partial charge on any atom is 0.261 e. The van der Waals surface area contributed by atoms with Gasteiger partial charge in [-0.2, -0.15) is 4.31 Å². The molecular weight excluding hydrogens is 480 g/mol. The fourth-order valence-electron chi connectivity index (χ4n) is 3.39. The van der Waals surface area contributed by atoms with Crippen LogP contribution in [-0.4, -0.2) is 54.6 Å². The molecule has 1 N–H and O–H groups in total. The van der Waals surface area contributed by atoms with E-state index in [0.29, 0.717) is 11.5 Å². The van der Waals surface area contributed by atoms with Gasteiger partial charge in [-0.25, -0.2) is 16.8 Å². The van der Waals surface area contributed by atoms with Crippen LogP contribution in [0, 0.1) is 0 Å². The second-order valence-electron chi connectivity index (χ2n) is 7.37. The molecule has 9 nitrogen and oxygen atoms in total. The van der Waals surface area contributed by atoms with Crippen LogP contribution in [0.5, 0.6) is 17.2 Å². The molecule has 0 radical (unpaired) electrons. The molecule has 3 aromatic rings. The molecule has 0 amide bonds. The molecule has 0 atom stereocenters. The van der Waals surface area contributed by atoms with E-state index in [1.165, 1.54) is 41.7 Å². The van der Waals surface area contributed by atoms with Crippen molar-refractivity contribution in [2.45, 2.75) is 9.79 Å². The van der Waals surface area contributed by atoms with Gasteiger partial charge in [-0.1, -0.05) is 18.2 Å². The molecule has 1 heterocycles. The van der Waals surface area contributed by atoms with Crippen LogP contribution in [0.4, 0.5) is 5.69 Å². The van der Waals surface area contributed by atoms with E-state index in [0.717, 1.165) is 0 Å². The molecule has 1 fully saturated rings. The topological polar surface area (TPSA) is 111 Å². The number of nitrogens with one attached hydrogen (secondary N) is 1. The molecule has 0 aromatic heterocycles. The lowest BCUT2D eigenvalue weighted by Crippen LogP contribution is -2.40. The third-order valence-electron chi connectivity index (χ3n) is 5.12. The van der Waals surface area contributed by atoms with E-state index in [-0.39, 0.29) is 47.5 Å². The Morgan fingerprint density at radius 2 is 1.50 bits per heavy atom. The number of ether oxygens (including phenoxy) is 3. The van der Waals surface area contributed by atoms with Crippen molar-refractivity contribution in [3.8, 4) is 17.2 Å². The monoisotopic (exact) mass is 504 g/mol. The van der Waals surface area contributed by atoms with Gasteiger partial charge in [0.1, 0.15) is 22.1 Å². The Hall–Kier alpha value is -3.12. The molecule has 0 aliphatic carbocycles. The number of sulfonamides is 2. The lowest BCUT2D eigenvalue weighted by Gasteiger charge is -2.26. The van der Waals surface area contributed by atoms with Crippen molar-refractivity contribution in [2.24, 2.45) is 0 Å². The first-order chi connectivity index (χ1) is 16.3. The number of hydrogen-bond donors (Lipinski definition) is 1. The maximum absolute atomic E-state index is 13.1. The van der Waals surface area contributed by atoms with Gasteiger partial charge >= 0.3 is 0 Å². The van der Waals surface area contributed by atoms with Crippen LogP contribution in [0.1, 0.15) is 0 Å². The van der Waals surface area contributed by atoms with Crippen LogP contribution < -0.4 is 14.2 Å². The zero-order valence-electron chi connectivity index (χ0n) is 18.4. The standard InChI is InChI=1S/C23H24N2O7S2/c1-30-22-12-7-18(17-23(22)34(28,29)25-13-15-31-16-14-25)24-33(26,27)21-10-8-20(9-11-21)32-19-5-3-2-4-6-19/h2-12,17,24H,13-16H2,1H3. The molecular formula is C23H24N2O7S2. The van der Waals surface area contributed by atoms with Crippen molar-refractivity contribution in [2.75, 3.05) is 38.1 Å². The fourth-order valence-corrected chi connectivity index (χ4v) is 6.03. The van der Waals surface area contributed by atoms with Crippen LogP contribution in [0.25, 0.3) is 0 Å². The highest BCUT2D eigenvalue weighted by atomic mass is 32.2. The SMILES string of the molecule is COc1ccc(NS(=O)(=O)c2ccc(Oc3ccccc3)cc2)cc1S(=O)(=O)N1CCOCC1. The largest absolute Gasteiger partial charge is 0.495 e. The Morgan fingerprint density at radius 1 is 0.853 bits per heavy atom. The Balaban J connectivity index is 1.56. The van der Waals surface area contributed by atoms with Crippen molar-refractivity contribution in [3.05, 3.63) is 72.8 Å². The summed E-state index contributed by atoms with van der Waals surface area (Å²) in [4.78, 5) is -0.120. The molecule has 3 aromatic carbocycles. The van der Waals surface area contributed by atoms with Crippen LogP contribution in [-0.2, 0) is 24.8 Å². The van der Waals surface area contributed by atoms with Gasteiger partial charge in [0.25, 0.3) is 10.0 Å². The van der Waals surface area contributed by atoms with Crippen molar-refractivity contribution < 1.29 is 31.0 Å². The van der Waals surface area contributed by atoms with Gasteiger partial charge in [0.2, 0.25) is 10.0 Å². The summed E-state index contributed by atoms with van der Waals surface area (Å²) in [5.74, 6) is 1.23. The first-order valence-electron chi connectivity index (χ1n) is 10.4. The van der Waals surface area contributed by atoms with Gasteiger partial charge in [-0.15, -0.1) is 0 Å². The van der Waals surface area contributed by atoms with Crippen molar-refractivity contribution in [1.82, 2.24) is 4.31 Å². The van der Waals surface area contributed by atoms with Crippen molar-refractivity contribution >= 4 is 25.7 Å². The quantitative estimate of drug-likeness (QED) is 0.501. The zero-order valence-corrected chi connectivity index (χ0v) is 20.0. The van der Waals surface area contributed by atoms with Crippen LogP contribution >= 0.6 is 0 Å². The van der Waals surface area contributed by atoms with Gasteiger partial charge < -0.3 is 14.2 Å². The molecule has 11 heteroatoms. The number of hydrogen-bond acceptors (Lipinski definition) is 7. The Labute approximate surface area is 199 Å². The van der Waals surface area contributed by atoms with Gasteiger partial charge in [0, 0.05) is 13.1 Å². The Bertz CT molecular complexity index is 1340. The second-order valence-corrected chi connectivity index (χ2v) is 11.0. The summed E-state index contributed by atoms with van der Waals surface area (Å²) >= 11 is 0.